The number of likely N-dealkylation sites (N-methyl/N-ethyl adjacent to an activating group) is 1. The number of amides is 1. The summed E-state index contributed by atoms with van der Waals surface area (Å²) in [5.41, 5.74) is 3.09. The Bertz CT molecular complexity index is 460. The number of anilines is 1. The van der Waals surface area contributed by atoms with Crippen LogP contribution in [0.5, 0.6) is 0 Å². The summed E-state index contributed by atoms with van der Waals surface area (Å²) in [5.74, 6) is -0.0316. The highest BCUT2D eigenvalue weighted by molar-refractivity contribution is 5.95. The maximum absolute atomic E-state index is 12.0. The molecule has 0 aliphatic carbocycles. The van der Waals surface area contributed by atoms with Crippen molar-refractivity contribution in [2.45, 2.75) is 6.42 Å². The molecule has 5 nitrogen and oxygen atoms in total. The van der Waals surface area contributed by atoms with Gasteiger partial charge < -0.3 is 20.3 Å². The molecule has 0 fully saturated rings. The first-order chi connectivity index (χ1) is 9.66. The molecular formula is C15H23N3O2. The molecule has 0 bridgehead atoms. The lowest BCUT2D eigenvalue weighted by molar-refractivity contribution is 0.0900. The Morgan fingerprint density at radius 2 is 2.25 bits per heavy atom. The van der Waals surface area contributed by atoms with Gasteiger partial charge in [0.05, 0.1) is 13.2 Å². The topological polar surface area (TPSA) is 53.6 Å². The SMILES string of the molecule is CN(C)CCOCCNC(=O)c1ccc2c(c1)CCN2. The summed E-state index contributed by atoms with van der Waals surface area (Å²) < 4.78 is 5.44. The van der Waals surface area contributed by atoms with Crippen LogP contribution < -0.4 is 10.6 Å². The molecule has 1 aliphatic heterocycles. The van der Waals surface area contributed by atoms with Gasteiger partial charge in [-0.15, -0.1) is 0 Å². The van der Waals surface area contributed by atoms with E-state index in [4.69, 9.17) is 4.74 Å². The lowest BCUT2D eigenvalue weighted by Gasteiger charge is -2.10. The Labute approximate surface area is 120 Å². The van der Waals surface area contributed by atoms with E-state index in [9.17, 15) is 4.79 Å². The molecule has 2 rings (SSSR count). The molecule has 1 aliphatic rings. The summed E-state index contributed by atoms with van der Waals surface area (Å²) in [4.78, 5) is 14.1. The van der Waals surface area contributed by atoms with E-state index in [1.807, 2.05) is 32.3 Å². The number of nitrogens with one attached hydrogen (secondary N) is 2. The molecule has 0 unspecified atom stereocenters. The van der Waals surface area contributed by atoms with E-state index < -0.39 is 0 Å². The number of hydrogen-bond donors (Lipinski definition) is 2. The van der Waals surface area contributed by atoms with Crippen molar-refractivity contribution in [3.8, 4) is 0 Å². The smallest absolute Gasteiger partial charge is 0.251 e. The quantitative estimate of drug-likeness (QED) is 0.729. The van der Waals surface area contributed by atoms with E-state index in [-0.39, 0.29) is 5.91 Å². The zero-order valence-electron chi connectivity index (χ0n) is 12.2. The molecule has 1 aromatic carbocycles. The number of carbonyl (C=O) groups is 1. The van der Waals surface area contributed by atoms with Gasteiger partial charge in [-0.05, 0) is 44.3 Å². The fourth-order valence-electron chi connectivity index (χ4n) is 2.13. The molecule has 0 radical (unpaired) electrons. The second kappa shape index (κ2) is 7.26. The highest BCUT2D eigenvalue weighted by Crippen LogP contribution is 2.22. The van der Waals surface area contributed by atoms with Gasteiger partial charge in [0.2, 0.25) is 0 Å². The Hall–Kier alpha value is -1.59. The summed E-state index contributed by atoms with van der Waals surface area (Å²) >= 11 is 0. The molecule has 0 saturated heterocycles. The number of rotatable bonds is 7. The van der Waals surface area contributed by atoms with Crippen molar-refractivity contribution >= 4 is 11.6 Å². The molecule has 0 saturated carbocycles. The minimum absolute atomic E-state index is 0.0316. The molecule has 2 N–H and O–H groups in total. The van der Waals surface area contributed by atoms with Crippen LogP contribution >= 0.6 is 0 Å². The van der Waals surface area contributed by atoms with Crippen molar-refractivity contribution in [3.63, 3.8) is 0 Å². The fourth-order valence-corrected chi connectivity index (χ4v) is 2.13. The molecule has 110 valence electrons. The normalized spacial score (nSPS) is 13.2. The van der Waals surface area contributed by atoms with Gasteiger partial charge in [-0.3, -0.25) is 4.79 Å². The molecule has 20 heavy (non-hydrogen) atoms. The maximum atomic E-state index is 12.0. The van der Waals surface area contributed by atoms with Crippen LogP contribution in [-0.4, -0.2) is 57.8 Å². The highest BCUT2D eigenvalue weighted by atomic mass is 16.5. The molecule has 1 heterocycles. The summed E-state index contributed by atoms with van der Waals surface area (Å²) in [6.45, 7) is 3.63. The minimum atomic E-state index is -0.0316. The Morgan fingerprint density at radius 3 is 3.05 bits per heavy atom. The number of hydrogen-bond acceptors (Lipinski definition) is 4. The number of carbonyl (C=O) groups excluding carboxylic acids is 1. The zero-order valence-corrected chi connectivity index (χ0v) is 12.2. The third-order valence-corrected chi connectivity index (χ3v) is 3.29. The van der Waals surface area contributed by atoms with Gasteiger partial charge >= 0.3 is 0 Å². The van der Waals surface area contributed by atoms with Gasteiger partial charge in [-0.25, -0.2) is 0 Å². The summed E-state index contributed by atoms with van der Waals surface area (Å²) in [7, 11) is 4.02. The average molecular weight is 277 g/mol. The molecule has 0 aromatic heterocycles. The van der Waals surface area contributed by atoms with Crippen LogP contribution in [0, 0.1) is 0 Å². The van der Waals surface area contributed by atoms with Gasteiger partial charge in [-0.1, -0.05) is 0 Å². The number of fused-ring (bicyclic) bond motifs is 1. The van der Waals surface area contributed by atoms with Gasteiger partial charge in [0.15, 0.2) is 0 Å². The predicted molar refractivity (Wildman–Crippen MR) is 80.3 cm³/mol. The van der Waals surface area contributed by atoms with E-state index in [1.54, 1.807) is 0 Å². The molecule has 1 aromatic rings. The summed E-state index contributed by atoms with van der Waals surface area (Å²) in [5, 5.41) is 6.17. The van der Waals surface area contributed by atoms with Crippen LogP contribution in [0.4, 0.5) is 5.69 Å². The van der Waals surface area contributed by atoms with Crippen molar-refractivity contribution in [2.75, 3.05) is 52.3 Å². The summed E-state index contributed by atoms with van der Waals surface area (Å²) in [6.07, 6.45) is 0.990. The Balaban J connectivity index is 1.70. The Morgan fingerprint density at radius 1 is 1.40 bits per heavy atom. The van der Waals surface area contributed by atoms with Crippen molar-refractivity contribution in [3.05, 3.63) is 29.3 Å². The van der Waals surface area contributed by atoms with Gasteiger partial charge in [0.1, 0.15) is 0 Å². The van der Waals surface area contributed by atoms with Gasteiger partial charge in [0, 0.05) is 30.9 Å². The average Bonchev–Trinajstić information content (AvgIpc) is 2.89. The first-order valence-electron chi connectivity index (χ1n) is 7.04. The fraction of sp³-hybridized carbons (Fsp3) is 0.533. The number of ether oxygens (including phenoxy) is 1. The molecular weight excluding hydrogens is 254 g/mol. The summed E-state index contributed by atoms with van der Waals surface area (Å²) in [6, 6.07) is 5.81. The Kier molecular flexibility index (Phi) is 5.38. The third-order valence-electron chi connectivity index (χ3n) is 3.29. The largest absolute Gasteiger partial charge is 0.384 e. The number of nitrogens with zero attached hydrogens (tertiary/aromatic N) is 1. The minimum Gasteiger partial charge on any atom is -0.384 e. The van der Waals surface area contributed by atoms with Crippen molar-refractivity contribution in [1.29, 1.82) is 0 Å². The maximum Gasteiger partial charge on any atom is 0.251 e. The first-order valence-corrected chi connectivity index (χ1v) is 7.04. The third kappa shape index (κ3) is 4.21. The molecule has 5 heteroatoms. The van der Waals surface area contributed by atoms with Gasteiger partial charge in [-0.2, -0.15) is 0 Å². The number of benzene rings is 1. The van der Waals surface area contributed by atoms with E-state index >= 15 is 0 Å². The molecule has 1 amide bonds. The second-order valence-corrected chi connectivity index (χ2v) is 5.22. The molecule has 0 spiro atoms. The zero-order chi connectivity index (χ0) is 14.4. The van der Waals surface area contributed by atoms with Crippen LogP contribution in [0.15, 0.2) is 18.2 Å². The highest BCUT2D eigenvalue weighted by Gasteiger charge is 2.12. The molecule has 0 atom stereocenters. The second-order valence-electron chi connectivity index (χ2n) is 5.22. The lowest BCUT2D eigenvalue weighted by atomic mass is 10.1. The lowest BCUT2D eigenvalue weighted by Crippen LogP contribution is -2.28. The van der Waals surface area contributed by atoms with E-state index in [0.29, 0.717) is 19.8 Å². The first kappa shape index (κ1) is 14.8. The van der Waals surface area contributed by atoms with Gasteiger partial charge in [0.25, 0.3) is 5.91 Å². The standard InChI is InChI=1S/C15H23N3O2/c1-18(2)8-10-20-9-7-17-15(19)13-3-4-14-12(11-13)5-6-16-14/h3-4,11,16H,5-10H2,1-2H3,(H,17,19). The van der Waals surface area contributed by atoms with Crippen LogP contribution in [0.2, 0.25) is 0 Å². The van der Waals surface area contributed by atoms with Crippen LogP contribution in [0.25, 0.3) is 0 Å². The van der Waals surface area contributed by atoms with E-state index in [0.717, 1.165) is 30.8 Å². The van der Waals surface area contributed by atoms with Crippen molar-refractivity contribution < 1.29 is 9.53 Å². The van der Waals surface area contributed by atoms with Crippen LogP contribution in [0.1, 0.15) is 15.9 Å². The van der Waals surface area contributed by atoms with Crippen LogP contribution in [0.3, 0.4) is 0 Å². The van der Waals surface area contributed by atoms with E-state index in [2.05, 4.69) is 15.5 Å². The van der Waals surface area contributed by atoms with E-state index in [1.165, 1.54) is 5.56 Å². The van der Waals surface area contributed by atoms with Crippen molar-refractivity contribution in [2.24, 2.45) is 0 Å². The van der Waals surface area contributed by atoms with Crippen molar-refractivity contribution in [1.82, 2.24) is 10.2 Å². The monoisotopic (exact) mass is 277 g/mol. The predicted octanol–water partition coefficient (Wildman–Crippen LogP) is 0.963. The van der Waals surface area contributed by atoms with Crippen LogP contribution in [-0.2, 0) is 11.2 Å².